The van der Waals surface area contributed by atoms with Crippen LogP contribution < -0.4 is 5.32 Å². The predicted octanol–water partition coefficient (Wildman–Crippen LogP) is 0.175. The van der Waals surface area contributed by atoms with Crippen molar-refractivity contribution in [1.82, 2.24) is 20.2 Å². The Morgan fingerprint density at radius 3 is 2.79 bits per heavy atom. The van der Waals surface area contributed by atoms with Gasteiger partial charge in [-0.05, 0) is 5.92 Å². The third kappa shape index (κ3) is 4.57. The van der Waals surface area contributed by atoms with Gasteiger partial charge in [-0.2, -0.15) is 0 Å². The van der Waals surface area contributed by atoms with Gasteiger partial charge in [0, 0.05) is 38.6 Å². The minimum Gasteiger partial charge on any atom is -0.379 e. The van der Waals surface area contributed by atoms with Gasteiger partial charge in [0.25, 0.3) is 5.91 Å². The van der Waals surface area contributed by atoms with Gasteiger partial charge in [0.1, 0.15) is 6.33 Å². The van der Waals surface area contributed by atoms with Crippen LogP contribution in [0.25, 0.3) is 0 Å². The second-order valence-corrected chi connectivity index (χ2v) is 4.86. The van der Waals surface area contributed by atoms with E-state index in [9.17, 15) is 4.79 Å². The third-order valence-electron chi connectivity index (χ3n) is 3.11. The summed E-state index contributed by atoms with van der Waals surface area (Å²) in [4.78, 5) is 21.8. The first kappa shape index (κ1) is 13.9. The lowest BCUT2D eigenvalue weighted by atomic mass is 10.1. The van der Waals surface area contributed by atoms with Crippen LogP contribution in [0.5, 0.6) is 0 Å². The fourth-order valence-electron chi connectivity index (χ4n) is 2.07. The number of carbonyl (C=O) groups is 1. The first-order chi connectivity index (χ1) is 9.25. The Labute approximate surface area is 113 Å². The molecule has 6 heteroatoms. The highest BCUT2D eigenvalue weighted by Gasteiger charge is 2.14. The van der Waals surface area contributed by atoms with Gasteiger partial charge in [-0.15, -0.1) is 0 Å². The van der Waals surface area contributed by atoms with Crippen LogP contribution in [0.1, 0.15) is 17.3 Å². The first-order valence-corrected chi connectivity index (χ1v) is 6.59. The molecule has 2 heterocycles. The molecule has 19 heavy (non-hydrogen) atoms. The van der Waals surface area contributed by atoms with Crippen LogP contribution in [-0.4, -0.2) is 60.2 Å². The zero-order valence-electron chi connectivity index (χ0n) is 11.2. The molecular weight excluding hydrogens is 244 g/mol. The predicted molar refractivity (Wildman–Crippen MR) is 70.8 cm³/mol. The normalized spacial score (nSPS) is 17.9. The van der Waals surface area contributed by atoms with Gasteiger partial charge in [-0.1, -0.05) is 6.92 Å². The van der Waals surface area contributed by atoms with Crippen molar-refractivity contribution < 1.29 is 9.53 Å². The molecule has 1 aliphatic heterocycles. The summed E-state index contributed by atoms with van der Waals surface area (Å²) in [7, 11) is 0. The zero-order valence-corrected chi connectivity index (χ0v) is 11.2. The number of ether oxygens (including phenoxy) is 1. The number of aromatic nitrogens is 2. The molecule has 1 saturated heterocycles. The SMILES string of the molecule is CC(CNC(=O)c1cncnc1)CN1CCOCC1. The van der Waals surface area contributed by atoms with Gasteiger partial charge >= 0.3 is 0 Å². The van der Waals surface area contributed by atoms with E-state index >= 15 is 0 Å². The highest BCUT2D eigenvalue weighted by molar-refractivity contribution is 5.93. The molecule has 0 spiro atoms. The molecule has 1 unspecified atom stereocenters. The fourth-order valence-corrected chi connectivity index (χ4v) is 2.07. The van der Waals surface area contributed by atoms with Gasteiger partial charge in [0.15, 0.2) is 0 Å². The van der Waals surface area contributed by atoms with Crippen molar-refractivity contribution in [1.29, 1.82) is 0 Å². The molecule has 1 amide bonds. The van der Waals surface area contributed by atoms with E-state index in [0.717, 1.165) is 32.8 Å². The van der Waals surface area contributed by atoms with Crippen LogP contribution >= 0.6 is 0 Å². The molecule has 0 bridgehead atoms. The standard InChI is InChI=1S/C13H20N4O2/c1-11(9-17-2-4-19-5-3-17)6-16-13(18)12-7-14-10-15-8-12/h7-8,10-11H,2-6,9H2,1H3,(H,16,18). The van der Waals surface area contributed by atoms with E-state index in [4.69, 9.17) is 4.74 Å². The van der Waals surface area contributed by atoms with E-state index < -0.39 is 0 Å². The maximum Gasteiger partial charge on any atom is 0.254 e. The molecule has 6 nitrogen and oxygen atoms in total. The van der Waals surface area contributed by atoms with Crippen molar-refractivity contribution in [2.24, 2.45) is 5.92 Å². The number of morpholine rings is 1. The number of nitrogens with one attached hydrogen (secondary N) is 1. The quantitative estimate of drug-likeness (QED) is 0.821. The molecule has 1 aromatic rings. The Balaban J connectivity index is 1.71. The first-order valence-electron chi connectivity index (χ1n) is 6.59. The van der Waals surface area contributed by atoms with Crippen molar-refractivity contribution >= 4 is 5.91 Å². The van der Waals surface area contributed by atoms with Crippen molar-refractivity contribution in [3.8, 4) is 0 Å². The summed E-state index contributed by atoms with van der Waals surface area (Å²) in [6.07, 6.45) is 4.46. The second kappa shape index (κ2) is 7.16. The Kier molecular flexibility index (Phi) is 5.23. The maximum absolute atomic E-state index is 11.8. The van der Waals surface area contributed by atoms with Crippen LogP contribution in [0, 0.1) is 5.92 Å². The summed E-state index contributed by atoms with van der Waals surface area (Å²) in [5, 5.41) is 2.91. The Morgan fingerprint density at radius 2 is 2.11 bits per heavy atom. The fraction of sp³-hybridized carbons (Fsp3) is 0.615. The van der Waals surface area contributed by atoms with Gasteiger partial charge < -0.3 is 10.1 Å². The van der Waals surface area contributed by atoms with Gasteiger partial charge in [-0.25, -0.2) is 9.97 Å². The summed E-state index contributed by atoms with van der Waals surface area (Å²) in [5.41, 5.74) is 0.501. The van der Waals surface area contributed by atoms with E-state index in [-0.39, 0.29) is 5.91 Å². The van der Waals surface area contributed by atoms with E-state index in [2.05, 4.69) is 27.1 Å². The van der Waals surface area contributed by atoms with E-state index in [0.29, 0.717) is 18.0 Å². The molecule has 1 N–H and O–H groups in total. The molecule has 2 rings (SSSR count). The average molecular weight is 264 g/mol. The summed E-state index contributed by atoms with van der Waals surface area (Å²) in [6, 6.07) is 0. The van der Waals surface area contributed by atoms with Crippen LogP contribution in [0.15, 0.2) is 18.7 Å². The van der Waals surface area contributed by atoms with Crippen LogP contribution in [0.4, 0.5) is 0 Å². The smallest absolute Gasteiger partial charge is 0.254 e. The van der Waals surface area contributed by atoms with Crippen molar-refractivity contribution in [2.75, 3.05) is 39.4 Å². The lowest BCUT2D eigenvalue weighted by Gasteiger charge is -2.29. The number of rotatable bonds is 5. The van der Waals surface area contributed by atoms with Crippen molar-refractivity contribution in [3.05, 3.63) is 24.3 Å². The lowest BCUT2D eigenvalue weighted by molar-refractivity contribution is 0.0317. The molecule has 1 aromatic heterocycles. The van der Waals surface area contributed by atoms with Crippen LogP contribution in [0.2, 0.25) is 0 Å². The molecule has 0 aliphatic carbocycles. The van der Waals surface area contributed by atoms with Crippen LogP contribution in [0.3, 0.4) is 0 Å². The molecule has 104 valence electrons. The van der Waals surface area contributed by atoms with E-state index in [1.807, 2.05) is 0 Å². The second-order valence-electron chi connectivity index (χ2n) is 4.86. The number of hydrogen-bond acceptors (Lipinski definition) is 5. The maximum atomic E-state index is 11.8. The number of carbonyl (C=O) groups excluding carboxylic acids is 1. The summed E-state index contributed by atoms with van der Waals surface area (Å²) < 4.78 is 5.31. The number of nitrogens with zero attached hydrogens (tertiary/aromatic N) is 3. The topological polar surface area (TPSA) is 67.4 Å². The van der Waals surface area contributed by atoms with Gasteiger partial charge in [0.2, 0.25) is 0 Å². The third-order valence-corrected chi connectivity index (χ3v) is 3.11. The van der Waals surface area contributed by atoms with E-state index in [1.54, 1.807) is 0 Å². The molecule has 1 aliphatic rings. The monoisotopic (exact) mass is 264 g/mol. The largest absolute Gasteiger partial charge is 0.379 e. The Morgan fingerprint density at radius 1 is 1.42 bits per heavy atom. The average Bonchev–Trinajstić information content (AvgIpc) is 2.47. The molecular formula is C13H20N4O2. The van der Waals surface area contributed by atoms with E-state index in [1.165, 1.54) is 18.7 Å². The van der Waals surface area contributed by atoms with Crippen LogP contribution in [-0.2, 0) is 4.74 Å². The minimum atomic E-state index is -0.116. The summed E-state index contributed by atoms with van der Waals surface area (Å²) in [5.74, 6) is 0.293. The summed E-state index contributed by atoms with van der Waals surface area (Å²) >= 11 is 0. The van der Waals surface area contributed by atoms with Gasteiger partial charge in [0.05, 0.1) is 18.8 Å². The number of hydrogen-bond donors (Lipinski definition) is 1. The Hall–Kier alpha value is -1.53. The molecule has 0 radical (unpaired) electrons. The minimum absolute atomic E-state index is 0.116. The lowest BCUT2D eigenvalue weighted by Crippen LogP contribution is -2.41. The molecule has 0 aromatic carbocycles. The Bertz CT molecular complexity index is 393. The van der Waals surface area contributed by atoms with Crippen molar-refractivity contribution in [3.63, 3.8) is 0 Å². The highest BCUT2D eigenvalue weighted by Crippen LogP contribution is 2.03. The molecule has 0 saturated carbocycles. The zero-order chi connectivity index (χ0) is 13.5. The highest BCUT2D eigenvalue weighted by atomic mass is 16.5. The number of amides is 1. The summed E-state index contributed by atoms with van der Waals surface area (Å²) in [6.45, 7) is 7.34. The van der Waals surface area contributed by atoms with Crippen molar-refractivity contribution in [2.45, 2.75) is 6.92 Å². The molecule has 1 atom stereocenters. The van der Waals surface area contributed by atoms with Gasteiger partial charge in [-0.3, -0.25) is 9.69 Å². The molecule has 1 fully saturated rings.